The highest BCUT2D eigenvalue weighted by molar-refractivity contribution is 8.14. The zero-order valence-corrected chi connectivity index (χ0v) is 12.5. The maximum Gasteiger partial charge on any atom is 0.161 e. The van der Waals surface area contributed by atoms with Crippen molar-refractivity contribution in [2.45, 2.75) is 33.2 Å². The maximum absolute atomic E-state index is 13.6. The smallest absolute Gasteiger partial charge is 0.161 e. The van der Waals surface area contributed by atoms with E-state index in [9.17, 15) is 13.2 Å². The molecule has 0 saturated heterocycles. The van der Waals surface area contributed by atoms with Crippen molar-refractivity contribution in [1.29, 1.82) is 0 Å². The van der Waals surface area contributed by atoms with Gasteiger partial charge in [-0.15, -0.1) is 0 Å². The van der Waals surface area contributed by atoms with E-state index in [-0.39, 0.29) is 17.1 Å². The van der Waals surface area contributed by atoms with Crippen LogP contribution in [0.2, 0.25) is 0 Å². The predicted molar refractivity (Wildman–Crippen MR) is 77.7 cm³/mol. The number of rotatable bonds is 1. The number of amidine groups is 1. The van der Waals surface area contributed by atoms with Crippen LogP contribution >= 0.6 is 11.8 Å². The lowest BCUT2D eigenvalue weighted by Gasteiger charge is -2.31. The number of nitrogens with one attached hydrogen (secondary N) is 1. The Hall–Kier alpha value is -1.17. The van der Waals surface area contributed by atoms with Crippen LogP contribution in [0.15, 0.2) is 17.1 Å². The van der Waals surface area contributed by atoms with E-state index in [2.05, 4.69) is 31.1 Å². The second-order valence-electron chi connectivity index (χ2n) is 5.82. The summed E-state index contributed by atoms with van der Waals surface area (Å²) in [4.78, 5) is 4.49. The topological polar surface area (TPSA) is 24.4 Å². The SMILES string of the molecule is CC(C)(C)C1CCSC(Nc2c(F)cc(F)cc2F)=N1. The lowest BCUT2D eigenvalue weighted by Crippen LogP contribution is -2.30. The average Bonchev–Trinajstić information content (AvgIpc) is 2.33. The molecule has 0 fully saturated rings. The van der Waals surface area contributed by atoms with Crippen molar-refractivity contribution in [1.82, 2.24) is 0 Å². The third-order valence-electron chi connectivity index (χ3n) is 3.14. The van der Waals surface area contributed by atoms with Crippen LogP contribution in [0.25, 0.3) is 0 Å². The molecular weight excluding hydrogens is 285 g/mol. The fraction of sp³-hybridized carbons (Fsp3) is 0.500. The summed E-state index contributed by atoms with van der Waals surface area (Å²) in [5.41, 5.74) is -0.361. The van der Waals surface area contributed by atoms with Gasteiger partial charge in [-0.2, -0.15) is 0 Å². The zero-order chi connectivity index (χ0) is 14.9. The van der Waals surface area contributed by atoms with E-state index in [1.807, 2.05) is 0 Å². The van der Waals surface area contributed by atoms with Crippen LogP contribution < -0.4 is 5.32 Å². The van der Waals surface area contributed by atoms with Crippen LogP contribution in [0.5, 0.6) is 0 Å². The summed E-state index contributed by atoms with van der Waals surface area (Å²) in [5, 5.41) is 3.12. The summed E-state index contributed by atoms with van der Waals surface area (Å²) in [6, 6.07) is 1.40. The third-order valence-corrected chi connectivity index (χ3v) is 4.06. The van der Waals surface area contributed by atoms with Crippen molar-refractivity contribution in [2.24, 2.45) is 10.4 Å². The van der Waals surface area contributed by atoms with Crippen LogP contribution in [0.3, 0.4) is 0 Å². The summed E-state index contributed by atoms with van der Waals surface area (Å²) in [5.74, 6) is -2.01. The van der Waals surface area contributed by atoms with Crippen molar-refractivity contribution in [2.75, 3.05) is 11.1 Å². The third kappa shape index (κ3) is 3.48. The molecule has 0 aliphatic carbocycles. The van der Waals surface area contributed by atoms with Gasteiger partial charge < -0.3 is 5.32 Å². The van der Waals surface area contributed by atoms with Crippen LogP contribution in [-0.4, -0.2) is 17.0 Å². The standard InChI is InChI=1S/C14H17F3N2S/c1-14(2,3)11-4-5-20-13(18-11)19-12-9(16)6-8(15)7-10(12)17/h6-7,11H,4-5H2,1-3H3,(H,18,19). The molecular formula is C14H17F3N2S. The Morgan fingerprint density at radius 2 is 1.80 bits per heavy atom. The quantitative estimate of drug-likeness (QED) is 0.830. The van der Waals surface area contributed by atoms with Gasteiger partial charge in [0.2, 0.25) is 0 Å². The summed E-state index contributed by atoms with van der Waals surface area (Å²) in [6.45, 7) is 6.23. The maximum atomic E-state index is 13.6. The molecule has 2 rings (SSSR count). The van der Waals surface area contributed by atoms with Gasteiger partial charge in [0.15, 0.2) is 16.8 Å². The van der Waals surface area contributed by atoms with Crippen LogP contribution in [-0.2, 0) is 0 Å². The molecule has 0 bridgehead atoms. The van der Waals surface area contributed by atoms with E-state index in [0.29, 0.717) is 17.3 Å². The van der Waals surface area contributed by atoms with Gasteiger partial charge in [-0.25, -0.2) is 13.2 Å². The molecule has 1 atom stereocenters. The Morgan fingerprint density at radius 3 is 2.35 bits per heavy atom. The molecule has 1 N–H and O–H groups in total. The Morgan fingerprint density at radius 1 is 1.20 bits per heavy atom. The number of hydrogen-bond donors (Lipinski definition) is 1. The van der Waals surface area contributed by atoms with Crippen molar-refractivity contribution >= 4 is 22.6 Å². The van der Waals surface area contributed by atoms with Gasteiger partial charge in [-0.3, -0.25) is 4.99 Å². The summed E-state index contributed by atoms with van der Waals surface area (Å²) in [6.07, 6.45) is 0.924. The van der Waals surface area contributed by atoms with Crippen molar-refractivity contribution in [3.05, 3.63) is 29.6 Å². The molecule has 20 heavy (non-hydrogen) atoms. The molecule has 0 spiro atoms. The fourth-order valence-electron chi connectivity index (χ4n) is 1.97. The number of hydrogen-bond acceptors (Lipinski definition) is 3. The van der Waals surface area contributed by atoms with Crippen LogP contribution in [0, 0.1) is 22.9 Å². The molecule has 0 saturated carbocycles. The highest BCUT2D eigenvalue weighted by Crippen LogP contribution is 2.31. The van der Waals surface area contributed by atoms with E-state index >= 15 is 0 Å². The Bertz CT molecular complexity index is 515. The number of nitrogens with zero attached hydrogens (tertiary/aromatic N) is 1. The summed E-state index contributed by atoms with van der Waals surface area (Å²) < 4.78 is 40.0. The first-order valence-corrected chi connectivity index (χ1v) is 7.38. The molecule has 1 aliphatic rings. The predicted octanol–water partition coefficient (Wildman–Crippen LogP) is 4.42. The molecule has 6 heteroatoms. The monoisotopic (exact) mass is 302 g/mol. The molecule has 1 aromatic carbocycles. The van der Waals surface area contributed by atoms with Gasteiger partial charge in [-0.1, -0.05) is 32.5 Å². The Kier molecular flexibility index (Phi) is 4.32. The minimum absolute atomic E-state index is 0.00616. The molecule has 110 valence electrons. The van der Waals surface area contributed by atoms with Gasteiger partial charge in [0.25, 0.3) is 0 Å². The fourth-order valence-corrected chi connectivity index (χ4v) is 2.88. The van der Waals surface area contributed by atoms with Gasteiger partial charge >= 0.3 is 0 Å². The first-order chi connectivity index (χ1) is 9.27. The Labute approximate surface area is 120 Å². The summed E-state index contributed by atoms with van der Waals surface area (Å²) >= 11 is 1.41. The lowest BCUT2D eigenvalue weighted by atomic mass is 9.85. The van der Waals surface area contributed by atoms with Gasteiger partial charge in [0.05, 0.1) is 6.04 Å². The molecule has 1 aromatic rings. The largest absolute Gasteiger partial charge is 0.330 e. The van der Waals surface area contributed by atoms with E-state index < -0.39 is 17.5 Å². The number of aliphatic imine (C=N–C) groups is 1. The molecule has 2 nitrogen and oxygen atoms in total. The normalized spacial score (nSPS) is 19.7. The lowest BCUT2D eigenvalue weighted by molar-refractivity contribution is 0.316. The second-order valence-corrected chi connectivity index (χ2v) is 6.91. The number of anilines is 1. The highest BCUT2D eigenvalue weighted by Gasteiger charge is 2.28. The molecule has 1 aliphatic heterocycles. The van der Waals surface area contributed by atoms with Crippen molar-refractivity contribution in [3.8, 4) is 0 Å². The van der Waals surface area contributed by atoms with Crippen molar-refractivity contribution in [3.63, 3.8) is 0 Å². The van der Waals surface area contributed by atoms with Gasteiger partial charge in [0.1, 0.15) is 11.5 Å². The molecule has 1 unspecified atom stereocenters. The van der Waals surface area contributed by atoms with Crippen LogP contribution in [0.4, 0.5) is 18.9 Å². The molecule has 0 radical (unpaired) electrons. The Balaban J connectivity index is 2.24. The highest BCUT2D eigenvalue weighted by atomic mass is 32.2. The van der Waals surface area contributed by atoms with E-state index in [1.54, 1.807) is 0 Å². The number of halogens is 3. The zero-order valence-electron chi connectivity index (χ0n) is 11.6. The molecule has 1 heterocycles. The second kappa shape index (κ2) is 5.68. The van der Waals surface area contributed by atoms with E-state index in [4.69, 9.17) is 0 Å². The van der Waals surface area contributed by atoms with Crippen LogP contribution in [0.1, 0.15) is 27.2 Å². The first kappa shape index (κ1) is 15.2. The van der Waals surface area contributed by atoms with Gasteiger partial charge in [-0.05, 0) is 11.8 Å². The molecule has 0 amide bonds. The number of thioether (sulfide) groups is 1. The number of benzene rings is 1. The van der Waals surface area contributed by atoms with E-state index in [0.717, 1.165) is 12.2 Å². The van der Waals surface area contributed by atoms with Gasteiger partial charge in [0, 0.05) is 17.9 Å². The summed E-state index contributed by atoms with van der Waals surface area (Å²) in [7, 11) is 0. The average molecular weight is 302 g/mol. The van der Waals surface area contributed by atoms with E-state index in [1.165, 1.54) is 11.8 Å². The van der Waals surface area contributed by atoms with Crippen molar-refractivity contribution < 1.29 is 13.2 Å². The minimum Gasteiger partial charge on any atom is -0.330 e. The minimum atomic E-state index is -0.955. The first-order valence-electron chi connectivity index (χ1n) is 6.39. The molecule has 0 aromatic heterocycles.